The van der Waals surface area contributed by atoms with Gasteiger partial charge in [-0.25, -0.2) is 13.6 Å². The molecule has 3 heterocycles. The van der Waals surface area contributed by atoms with Crippen LogP contribution >= 0.6 is 23.4 Å². The highest BCUT2D eigenvalue weighted by Crippen LogP contribution is 2.54. The van der Waals surface area contributed by atoms with Crippen molar-refractivity contribution in [3.05, 3.63) is 63.6 Å². The molecule has 1 saturated heterocycles. The average Bonchev–Trinajstić information content (AvgIpc) is 3.10. The van der Waals surface area contributed by atoms with Gasteiger partial charge in [-0.05, 0) is 50.3 Å². The lowest BCUT2D eigenvalue weighted by Gasteiger charge is -2.45. The first-order valence-corrected chi connectivity index (χ1v) is 15.3. The molecule has 1 spiro atoms. The van der Waals surface area contributed by atoms with E-state index >= 15 is 4.39 Å². The summed E-state index contributed by atoms with van der Waals surface area (Å²) in [5.41, 5.74) is -2.82. The van der Waals surface area contributed by atoms with Gasteiger partial charge in [-0.1, -0.05) is 24.6 Å². The highest BCUT2D eigenvalue weighted by Gasteiger charge is 2.44. The van der Waals surface area contributed by atoms with E-state index in [0.717, 1.165) is 43.2 Å². The summed E-state index contributed by atoms with van der Waals surface area (Å²) < 4.78 is 75.6. The fraction of sp³-hybridized carbons (Fsp3) is 0.433. The monoisotopic (exact) mass is 638 g/mol. The summed E-state index contributed by atoms with van der Waals surface area (Å²) >= 11 is 7.11. The predicted octanol–water partition coefficient (Wildman–Crippen LogP) is 6.90. The van der Waals surface area contributed by atoms with Crippen molar-refractivity contribution in [2.75, 3.05) is 23.7 Å². The van der Waals surface area contributed by atoms with E-state index in [4.69, 9.17) is 11.6 Å². The van der Waals surface area contributed by atoms with E-state index in [-0.39, 0.29) is 64.7 Å². The van der Waals surface area contributed by atoms with Crippen LogP contribution < -0.4 is 10.6 Å². The van der Waals surface area contributed by atoms with Crippen LogP contribution in [0.3, 0.4) is 0 Å². The molecule has 6 nitrogen and oxygen atoms in total. The summed E-state index contributed by atoms with van der Waals surface area (Å²) in [5, 5.41) is -0.417. The lowest BCUT2D eigenvalue weighted by molar-refractivity contribution is -0.137. The molecular formula is C30H28ClF5N4O2S. The molecule has 3 aromatic rings. The Balaban J connectivity index is 1.66. The van der Waals surface area contributed by atoms with E-state index in [9.17, 15) is 27.2 Å². The quantitative estimate of drug-likeness (QED) is 0.177. The van der Waals surface area contributed by atoms with Gasteiger partial charge >= 0.3 is 11.9 Å². The van der Waals surface area contributed by atoms with Crippen molar-refractivity contribution in [3.8, 4) is 11.1 Å². The zero-order valence-electron chi connectivity index (χ0n) is 23.4. The summed E-state index contributed by atoms with van der Waals surface area (Å²) in [6, 6.07) is 1.55. The molecular weight excluding hydrogens is 611 g/mol. The molecule has 228 valence electrons. The molecule has 2 atom stereocenters. The number of rotatable bonds is 3. The standard InChI is InChI=1S/C30H28ClF5N4O2S/c1-4-23(41)40-15(2)11-38(12-16(40)3)27-18-8-19(30(34,35)36)24(17-9-20(31)22(33)10-21(17)32)26-25(18)39(28(42)37-27)13-29(14-43-26)6-5-7-29/h4,8-10,15-16H,1,5-7,11-14H2,2-3H3/t15-,16+. The second kappa shape index (κ2) is 10.5. The van der Waals surface area contributed by atoms with Crippen molar-refractivity contribution in [2.45, 2.75) is 62.8 Å². The van der Waals surface area contributed by atoms with Crippen LogP contribution in [-0.2, 0) is 17.5 Å². The minimum absolute atomic E-state index is 0.0710. The first-order chi connectivity index (χ1) is 20.2. The van der Waals surface area contributed by atoms with Gasteiger partial charge in [-0.3, -0.25) is 9.36 Å². The van der Waals surface area contributed by atoms with Crippen molar-refractivity contribution >= 4 is 46.0 Å². The molecule has 0 radical (unpaired) electrons. The van der Waals surface area contributed by atoms with E-state index in [1.807, 2.05) is 13.8 Å². The Labute approximate surface area is 253 Å². The number of amides is 1. The fourth-order valence-electron chi connectivity index (χ4n) is 6.75. The first kappa shape index (κ1) is 29.9. The molecule has 1 amide bonds. The van der Waals surface area contributed by atoms with Crippen LogP contribution in [0.2, 0.25) is 5.02 Å². The van der Waals surface area contributed by atoms with E-state index in [2.05, 4.69) is 11.6 Å². The number of anilines is 1. The van der Waals surface area contributed by atoms with Crippen LogP contribution in [-0.4, -0.2) is 51.3 Å². The number of piperazine rings is 1. The van der Waals surface area contributed by atoms with E-state index in [0.29, 0.717) is 11.8 Å². The lowest BCUT2D eigenvalue weighted by atomic mass is 9.70. The highest BCUT2D eigenvalue weighted by atomic mass is 35.5. The molecule has 2 fully saturated rings. The smallest absolute Gasteiger partial charge is 0.352 e. The number of aromatic nitrogens is 2. The van der Waals surface area contributed by atoms with Gasteiger partial charge in [0.15, 0.2) is 0 Å². The number of carbonyl (C=O) groups is 1. The Hall–Kier alpha value is -3.12. The fourth-order valence-corrected chi connectivity index (χ4v) is 8.46. The van der Waals surface area contributed by atoms with Crippen molar-refractivity contribution in [3.63, 3.8) is 0 Å². The second-order valence-corrected chi connectivity index (χ2v) is 13.2. The van der Waals surface area contributed by atoms with Crippen molar-refractivity contribution < 1.29 is 26.7 Å². The molecule has 0 unspecified atom stereocenters. The maximum absolute atomic E-state index is 15.3. The molecule has 3 aliphatic rings. The lowest BCUT2D eigenvalue weighted by Crippen LogP contribution is -2.58. The molecule has 1 aromatic heterocycles. The molecule has 43 heavy (non-hydrogen) atoms. The van der Waals surface area contributed by atoms with Crippen molar-refractivity contribution in [2.24, 2.45) is 5.41 Å². The molecule has 0 bridgehead atoms. The first-order valence-electron chi connectivity index (χ1n) is 13.9. The number of nitrogens with zero attached hydrogens (tertiary/aromatic N) is 4. The number of alkyl halides is 3. The van der Waals surface area contributed by atoms with Gasteiger partial charge in [-0.2, -0.15) is 18.2 Å². The number of benzene rings is 2. The summed E-state index contributed by atoms with van der Waals surface area (Å²) in [6.45, 7) is 7.87. The Morgan fingerprint density at radius 1 is 1.14 bits per heavy atom. The number of hydrogen-bond acceptors (Lipinski definition) is 5. The highest BCUT2D eigenvalue weighted by molar-refractivity contribution is 7.99. The largest absolute Gasteiger partial charge is 0.417 e. The normalized spacial score (nSPS) is 21.6. The zero-order valence-corrected chi connectivity index (χ0v) is 25.0. The molecule has 1 saturated carbocycles. The molecule has 2 aliphatic heterocycles. The maximum Gasteiger partial charge on any atom is 0.417 e. The molecule has 13 heteroatoms. The Morgan fingerprint density at radius 3 is 2.40 bits per heavy atom. The van der Waals surface area contributed by atoms with Crippen LogP contribution in [0.4, 0.5) is 27.8 Å². The SMILES string of the molecule is C=CC(=O)N1[C@H](C)CN(c2nc(=O)n3c4c(c(-c5cc(Cl)c(F)cc5F)c(C(F)(F)F)cc24)SCC2(CCC2)C3)C[C@@H]1C. The predicted molar refractivity (Wildman–Crippen MR) is 157 cm³/mol. The third-order valence-corrected chi connectivity index (χ3v) is 10.6. The van der Waals surface area contributed by atoms with Gasteiger partial charge in [0.05, 0.1) is 16.1 Å². The number of carbonyl (C=O) groups excluding carboxylic acids is 1. The maximum atomic E-state index is 15.3. The van der Waals surface area contributed by atoms with Crippen molar-refractivity contribution in [1.29, 1.82) is 0 Å². The number of thioether (sulfide) groups is 1. The average molecular weight is 639 g/mol. The van der Waals surface area contributed by atoms with Gasteiger partial charge in [0.1, 0.15) is 17.5 Å². The third kappa shape index (κ3) is 4.90. The molecule has 6 rings (SSSR count). The summed E-state index contributed by atoms with van der Waals surface area (Å²) in [5.74, 6) is -2.07. The van der Waals surface area contributed by atoms with E-state index in [1.165, 1.54) is 10.6 Å². The van der Waals surface area contributed by atoms with Crippen LogP contribution in [0.25, 0.3) is 22.0 Å². The minimum atomic E-state index is -4.94. The van der Waals surface area contributed by atoms with Crippen LogP contribution in [0.1, 0.15) is 38.7 Å². The Bertz CT molecular complexity index is 1730. The Kier molecular flexibility index (Phi) is 7.31. The van der Waals surface area contributed by atoms with Gasteiger partial charge < -0.3 is 9.80 Å². The molecule has 2 aromatic carbocycles. The van der Waals surface area contributed by atoms with Crippen LogP contribution in [0, 0.1) is 17.0 Å². The van der Waals surface area contributed by atoms with Gasteiger partial charge in [0.25, 0.3) is 0 Å². The topological polar surface area (TPSA) is 58.4 Å². The van der Waals surface area contributed by atoms with E-state index < -0.39 is 45.2 Å². The minimum Gasteiger partial charge on any atom is -0.352 e. The molecule has 0 N–H and O–H groups in total. The number of halogens is 6. The van der Waals surface area contributed by atoms with Crippen LogP contribution in [0.15, 0.2) is 40.5 Å². The van der Waals surface area contributed by atoms with Crippen molar-refractivity contribution in [1.82, 2.24) is 14.5 Å². The van der Waals surface area contributed by atoms with Crippen LogP contribution in [0.5, 0.6) is 0 Å². The summed E-state index contributed by atoms with van der Waals surface area (Å²) in [7, 11) is 0. The zero-order chi connectivity index (χ0) is 31.0. The third-order valence-electron chi connectivity index (χ3n) is 8.86. The summed E-state index contributed by atoms with van der Waals surface area (Å²) in [4.78, 5) is 34.0. The Morgan fingerprint density at radius 2 is 1.81 bits per heavy atom. The van der Waals surface area contributed by atoms with Gasteiger partial charge in [0, 0.05) is 64.9 Å². The number of hydrogen-bond donors (Lipinski definition) is 0. The van der Waals surface area contributed by atoms with E-state index in [1.54, 1.807) is 9.80 Å². The van der Waals surface area contributed by atoms with Gasteiger partial charge in [0.2, 0.25) is 5.91 Å². The summed E-state index contributed by atoms with van der Waals surface area (Å²) in [6.07, 6.45) is -1.23. The second-order valence-electron chi connectivity index (χ2n) is 11.8. The van der Waals surface area contributed by atoms with Gasteiger partial charge in [-0.15, -0.1) is 11.8 Å². The molecule has 1 aliphatic carbocycles.